The Balaban J connectivity index is 1.50. The molecule has 0 fully saturated rings. The van der Waals surface area contributed by atoms with Crippen molar-refractivity contribution in [3.05, 3.63) is 76.6 Å². The monoisotopic (exact) mass is 425 g/mol. The molecular weight excluding hydrogens is 406 g/mol. The number of ether oxygens (including phenoxy) is 1. The van der Waals surface area contributed by atoms with Crippen LogP contribution in [0.3, 0.4) is 0 Å². The van der Waals surface area contributed by atoms with Gasteiger partial charge in [0.1, 0.15) is 6.61 Å². The number of fused-ring (bicyclic) bond motifs is 3. The van der Waals surface area contributed by atoms with Gasteiger partial charge in [-0.3, -0.25) is 9.48 Å². The predicted molar refractivity (Wildman–Crippen MR) is 111 cm³/mol. The minimum Gasteiger partial charge on any atom is -0.481 e. The summed E-state index contributed by atoms with van der Waals surface area (Å²) in [6, 6.07) is 15.2. The summed E-state index contributed by atoms with van der Waals surface area (Å²) in [5, 5.41) is 16.1. The molecule has 2 aromatic carbocycles. The van der Waals surface area contributed by atoms with Gasteiger partial charge in [-0.2, -0.15) is 5.10 Å². The highest BCUT2D eigenvalue weighted by Gasteiger charge is 2.30. The molecule has 4 rings (SSSR count). The summed E-state index contributed by atoms with van der Waals surface area (Å²) in [6.45, 7) is 0.138. The van der Waals surface area contributed by atoms with Gasteiger partial charge in [0, 0.05) is 13.0 Å². The summed E-state index contributed by atoms with van der Waals surface area (Å²) >= 11 is 6.13. The van der Waals surface area contributed by atoms with Crippen LogP contribution in [0, 0.1) is 0 Å². The summed E-state index contributed by atoms with van der Waals surface area (Å²) < 4.78 is 6.96. The van der Waals surface area contributed by atoms with Gasteiger partial charge in [0.05, 0.1) is 29.4 Å². The van der Waals surface area contributed by atoms with Gasteiger partial charge in [0.2, 0.25) is 0 Å². The molecule has 3 aromatic rings. The Labute approximate surface area is 178 Å². The number of carbonyl (C=O) groups excluding carboxylic acids is 1. The molecule has 2 N–H and O–H groups in total. The number of aromatic nitrogens is 2. The number of alkyl carbamates (subject to hydrolysis) is 1. The second-order valence-corrected chi connectivity index (χ2v) is 7.53. The average molecular weight is 426 g/mol. The van der Waals surface area contributed by atoms with Crippen LogP contribution in [0.25, 0.3) is 11.1 Å². The highest BCUT2D eigenvalue weighted by molar-refractivity contribution is 6.31. The third-order valence-corrected chi connectivity index (χ3v) is 5.57. The van der Waals surface area contributed by atoms with E-state index in [2.05, 4.69) is 22.5 Å². The SMILES string of the molecule is Cn1ncc(Cl)c1C(CC(=O)O)NC(=O)OCC1c2ccccc2-c2ccccc21. The van der Waals surface area contributed by atoms with Crippen LogP contribution in [0.2, 0.25) is 5.02 Å². The highest BCUT2D eigenvalue weighted by atomic mass is 35.5. The first-order valence-electron chi connectivity index (χ1n) is 9.46. The third-order valence-electron chi connectivity index (χ3n) is 5.28. The number of halogens is 1. The number of rotatable bonds is 6. The predicted octanol–water partition coefficient (Wildman–Crippen LogP) is 4.13. The molecule has 7 nitrogen and oxygen atoms in total. The van der Waals surface area contributed by atoms with Crippen LogP contribution >= 0.6 is 11.6 Å². The van der Waals surface area contributed by atoms with Crippen LogP contribution in [-0.4, -0.2) is 33.6 Å². The molecular formula is C22H20ClN3O4. The van der Waals surface area contributed by atoms with E-state index in [-0.39, 0.29) is 24.0 Å². The molecule has 0 spiro atoms. The lowest BCUT2D eigenvalue weighted by Gasteiger charge is -2.19. The lowest BCUT2D eigenvalue weighted by atomic mass is 9.98. The third kappa shape index (κ3) is 3.76. The number of benzene rings is 2. The van der Waals surface area contributed by atoms with E-state index in [4.69, 9.17) is 16.3 Å². The molecule has 0 aliphatic heterocycles. The van der Waals surface area contributed by atoms with Crippen LogP contribution < -0.4 is 5.32 Å². The maximum absolute atomic E-state index is 12.5. The van der Waals surface area contributed by atoms with Crippen LogP contribution in [0.15, 0.2) is 54.7 Å². The van der Waals surface area contributed by atoms with E-state index in [1.54, 1.807) is 7.05 Å². The Morgan fingerprint density at radius 3 is 2.30 bits per heavy atom. The number of carbonyl (C=O) groups is 2. The Hall–Kier alpha value is -3.32. The van der Waals surface area contributed by atoms with Gasteiger partial charge in [-0.1, -0.05) is 60.1 Å². The van der Waals surface area contributed by atoms with E-state index >= 15 is 0 Å². The minimum atomic E-state index is -1.07. The van der Waals surface area contributed by atoms with Gasteiger partial charge in [-0.15, -0.1) is 0 Å². The topological polar surface area (TPSA) is 93.5 Å². The normalized spacial score (nSPS) is 13.4. The quantitative estimate of drug-likeness (QED) is 0.619. The summed E-state index contributed by atoms with van der Waals surface area (Å²) in [5.74, 6) is -1.16. The van der Waals surface area contributed by atoms with E-state index in [0.29, 0.717) is 5.69 Å². The Bertz CT molecular complexity index is 1050. The largest absolute Gasteiger partial charge is 0.481 e. The number of nitrogens with one attached hydrogen (secondary N) is 1. The van der Waals surface area contributed by atoms with Gasteiger partial charge in [-0.05, 0) is 22.3 Å². The van der Waals surface area contributed by atoms with Crippen molar-refractivity contribution >= 4 is 23.7 Å². The number of hydrogen-bond donors (Lipinski definition) is 2. The van der Waals surface area contributed by atoms with E-state index < -0.39 is 18.1 Å². The van der Waals surface area contributed by atoms with Crippen LogP contribution in [0.4, 0.5) is 4.79 Å². The molecule has 30 heavy (non-hydrogen) atoms. The van der Waals surface area contributed by atoms with Crippen molar-refractivity contribution in [1.82, 2.24) is 15.1 Å². The lowest BCUT2D eigenvalue weighted by molar-refractivity contribution is -0.137. The average Bonchev–Trinajstić information content (AvgIpc) is 3.22. The highest BCUT2D eigenvalue weighted by Crippen LogP contribution is 2.44. The van der Waals surface area contributed by atoms with E-state index in [9.17, 15) is 14.7 Å². The molecule has 8 heteroatoms. The Kier molecular flexibility index (Phi) is 5.46. The summed E-state index contributed by atoms with van der Waals surface area (Å²) in [4.78, 5) is 23.8. The van der Waals surface area contributed by atoms with Crippen molar-refractivity contribution in [2.75, 3.05) is 6.61 Å². The molecule has 1 heterocycles. The molecule has 1 aliphatic rings. The van der Waals surface area contributed by atoms with Gasteiger partial charge in [0.15, 0.2) is 0 Å². The molecule has 0 radical (unpaired) electrons. The second kappa shape index (κ2) is 8.20. The van der Waals surface area contributed by atoms with Crippen LogP contribution in [0.5, 0.6) is 0 Å². The lowest BCUT2D eigenvalue weighted by Crippen LogP contribution is -2.33. The van der Waals surface area contributed by atoms with E-state index in [1.165, 1.54) is 10.9 Å². The number of aliphatic carboxylic acids is 1. The summed E-state index contributed by atoms with van der Waals surface area (Å²) in [6.07, 6.45) is 0.356. The standard InChI is InChI=1S/C22H20ClN3O4/c1-26-21(18(23)11-24-26)19(10-20(27)28)25-22(29)30-12-17-15-8-4-2-6-13(15)14-7-3-5-9-16(14)17/h2-9,11,17,19H,10,12H2,1H3,(H,25,29)(H,27,28). The molecule has 1 aliphatic carbocycles. The molecule has 1 amide bonds. The fourth-order valence-corrected chi connectivity index (χ4v) is 4.28. The first-order valence-corrected chi connectivity index (χ1v) is 9.84. The zero-order valence-electron chi connectivity index (χ0n) is 16.2. The molecule has 1 atom stereocenters. The number of nitrogens with zero attached hydrogens (tertiary/aromatic N) is 2. The summed E-state index contributed by atoms with van der Waals surface area (Å²) in [7, 11) is 1.63. The minimum absolute atomic E-state index is 0.0821. The van der Waals surface area contributed by atoms with Crippen molar-refractivity contribution in [1.29, 1.82) is 0 Å². The molecule has 154 valence electrons. The van der Waals surface area contributed by atoms with Gasteiger partial charge >= 0.3 is 12.1 Å². The Morgan fingerprint density at radius 1 is 1.17 bits per heavy atom. The van der Waals surface area contributed by atoms with Crippen molar-refractivity contribution < 1.29 is 19.4 Å². The van der Waals surface area contributed by atoms with Crippen LogP contribution in [-0.2, 0) is 16.6 Å². The van der Waals surface area contributed by atoms with E-state index in [1.807, 2.05) is 36.4 Å². The van der Waals surface area contributed by atoms with Crippen molar-refractivity contribution in [3.63, 3.8) is 0 Å². The number of carboxylic acids is 1. The molecule has 0 saturated heterocycles. The molecule has 0 bridgehead atoms. The zero-order valence-corrected chi connectivity index (χ0v) is 17.0. The number of hydrogen-bond acceptors (Lipinski definition) is 4. The van der Waals surface area contributed by atoms with Crippen molar-refractivity contribution in [3.8, 4) is 11.1 Å². The van der Waals surface area contributed by atoms with Crippen molar-refractivity contribution in [2.45, 2.75) is 18.4 Å². The first kappa shape index (κ1) is 20.0. The maximum atomic E-state index is 12.5. The van der Waals surface area contributed by atoms with Gasteiger partial charge < -0.3 is 15.2 Å². The van der Waals surface area contributed by atoms with Gasteiger partial charge in [-0.25, -0.2) is 4.79 Å². The fourth-order valence-electron chi connectivity index (χ4n) is 3.99. The number of carboxylic acid groups (broad SMARTS) is 1. The molecule has 0 saturated carbocycles. The second-order valence-electron chi connectivity index (χ2n) is 7.12. The number of aryl methyl sites for hydroxylation is 1. The first-order chi connectivity index (χ1) is 14.5. The Morgan fingerprint density at radius 2 is 1.77 bits per heavy atom. The molecule has 1 aromatic heterocycles. The van der Waals surface area contributed by atoms with Gasteiger partial charge in [0.25, 0.3) is 0 Å². The van der Waals surface area contributed by atoms with E-state index in [0.717, 1.165) is 22.3 Å². The van der Waals surface area contributed by atoms with Crippen LogP contribution in [0.1, 0.15) is 35.2 Å². The smallest absolute Gasteiger partial charge is 0.407 e. The molecule has 1 unspecified atom stereocenters. The fraction of sp³-hybridized carbons (Fsp3) is 0.227. The van der Waals surface area contributed by atoms with Crippen molar-refractivity contribution in [2.24, 2.45) is 7.05 Å². The maximum Gasteiger partial charge on any atom is 0.407 e. The number of amides is 1. The summed E-state index contributed by atoms with van der Waals surface area (Å²) in [5.41, 5.74) is 4.87. The zero-order chi connectivity index (χ0) is 21.3.